The van der Waals surface area contributed by atoms with Crippen LogP contribution in [-0.4, -0.2) is 24.0 Å². The van der Waals surface area contributed by atoms with Gasteiger partial charge in [0.25, 0.3) is 0 Å². The first-order chi connectivity index (χ1) is 8.60. The molecule has 18 heavy (non-hydrogen) atoms. The lowest BCUT2D eigenvalue weighted by Crippen LogP contribution is -2.45. The average Bonchev–Trinajstić information content (AvgIpc) is 2.36. The van der Waals surface area contributed by atoms with E-state index >= 15 is 0 Å². The van der Waals surface area contributed by atoms with E-state index in [1.165, 1.54) is 6.42 Å². The lowest BCUT2D eigenvalue weighted by molar-refractivity contribution is 0.115. The highest BCUT2D eigenvalue weighted by Crippen LogP contribution is 2.24. The van der Waals surface area contributed by atoms with Crippen molar-refractivity contribution in [3.63, 3.8) is 0 Å². The molecule has 0 amide bonds. The molecule has 2 rings (SSSR count). The molecule has 2 N–H and O–H groups in total. The molecular formula is C15H23FN2. The number of benzene rings is 1. The summed E-state index contributed by atoms with van der Waals surface area (Å²) in [5.41, 5.74) is 7.60. The second kappa shape index (κ2) is 5.81. The molecule has 0 radical (unpaired) electrons. The van der Waals surface area contributed by atoms with Crippen molar-refractivity contribution in [1.82, 2.24) is 4.90 Å². The largest absolute Gasteiger partial charge is 0.329 e. The fraction of sp³-hybridized carbons (Fsp3) is 0.600. The summed E-state index contributed by atoms with van der Waals surface area (Å²) < 4.78 is 13.5. The minimum Gasteiger partial charge on any atom is -0.329 e. The van der Waals surface area contributed by atoms with Crippen LogP contribution >= 0.6 is 0 Å². The number of hydrogen-bond donors (Lipinski definition) is 1. The Bertz CT molecular complexity index is 405. The first kappa shape index (κ1) is 13.5. The molecule has 1 aliphatic heterocycles. The first-order valence-corrected chi connectivity index (χ1v) is 6.79. The van der Waals surface area contributed by atoms with Crippen LogP contribution in [0.2, 0.25) is 0 Å². The van der Waals surface area contributed by atoms with Gasteiger partial charge < -0.3 is 5.73 Å². The van der Waals surface area contributed by atoms with Crippen molar-refractivity contribution in [2.75, 3.05) is 13.1 Å². The maximum Gasteiger partial charge on any atom is 0.126 e. The van der Waals surface area contributed by atoms with E-state index in [4.69, 9.17) is 5.73 Å². The summed E-state index contributed by atoms with van der Waals surface area (Å²) in [6, 6.07) is 5.97. The van der Waals surface area contributed by atoms with Crippen molar-refractivity contribution in [2.24, 2.45) is 11.7 Å². The van der Waals surface area contributed by atoms with Crippen molar-refractivity contribution in [2.45, 2.75) is 39.3 Å². The van der Waals surface area contributed by atoms with Crippen molar-refractivity contribution in [3.8, 4) is 0 Å². The molecule has 0 aliphatic carbocycles. The normalized spacial score (nSPS) is 25.3. The topological polar surface area (TPSA) is 29.3 Å². The summed E-state index contributed by atoms with van der Waals surface area (Å²) in [7, 11) is 0. The number of nitrogens with zero attached hydrogens (tertiary/aromatic N) is 1. The van der Waals surface area contributed by atoms with Crippen LogP contribution in [0.4, 0.5) is 4.39 Å². The van der Waals surface area contributed by atoms with Gasteiger partial charge in [-0.05, 0) is 49.4 Å². The summed E-state index contributed by atoms with van der Waals surface area (Å²) in [5, 5.41) is 0. The minimum atomic E-state index is -0.109. The smallest absolute Gasteiger partial charge is 0.126 e. The summed E-state index contributed by atoms with van der Waals surface area (Å²) in [4.78, 5) is 2.39. The van der Waals surface area contributed by atoms with Crippen molar-refractivity contribution in [3.05, 3.63) is 35.1 Å². The van der Waals surface area contributed by atoms with Gasteiger partial charge in [0, 0.05) is 19.1 Å². The van der Waals surface area contributed by atoms with Gasteiger partial charge in [0.2, 0.25) is 0 Å². The van der Waals surface area contributed by atoms with Crippen LogP contribution in [-0.2, 0) is 6.54 Å². The highest BCUT2D eigenvalue weighted by Gasteiger charge is 2.25. The first-order valence-electron chi connectivity index (χ1n) is 6.79. The average molecular weight is 250 g/mol. The SMILES string of the molecule is Cc1ccc(CN2CCC(C)CC2CN)cc1F. The summed E-state index contributed by atoms with van der Waals surface area (Å²) >= 11 is 0. The van der Waals surface area contributed by atoms with E-state index < -0.39 is 0 Å². The molecule has 1 aromatic rings. The third kappa shape index (κ3) is 3.09. The monoisotopic (exact) mass is 250 g/mol. The Balaban J connectivity index is 2.05. The molecule has 1 fully saturated rings. The van der Waals surface area contributed by atoms with Crippen molar-refractivity contribution >= 4 is 0 Å². The van der Waals surface area contributed by atoms with Gasteiger partial charge in [0.15, 0.2) is 0 Å². The molecule has 0 spiro atoms. The molecule has 1 aliphatic rings. The van der Waals surface area contributed by atoms with Crippen LogP contribution in [0, 0.1) is 18.7 Å². The predicted octanol–water partition coefficient (Wildman–Crippen LogP) is 2.69. The molecule has 2 unspecified atom stereocenters. The van der Waals surface area contributed by atoms with Crippen LogP contribution in [0.5, 0.6) is 0 Å². The van der Waals surface area contributed by atoms with E-state index in [2.05, 4.69) is 11.8 Å². The molecule has 1 saturated heterocycles. The van der Waals surface area contributed by atoms with Crippen LogP contribution < -0.4 is 5.73 Å². The third-order valence-electron chi connectivity index (χ3n) is 3.99. The van der Waals surface area contributed by atoms with Gasteiger partial charge in [0.1, 0.15) is 5.82 Å². The Morgan fingerprint density at radius 1 is 1.44 bits per heavy atom. The molecule has 1 aromatic carbocycles. The number of nitrogens with two attached hydrogens (primary N) is 1. The summed E-state index contributed by atoms with van der Waals surface area (Å²) in [6.07, 6.45) is 2.37. The maximum absolute atomic E-state index is 13.5. The van der Waals surface area contributed by atoms with Crippen LogP contribution in [0.1, 0.15) is 30.9 Å². The number of rotatable bonds is 3. The lowest BCUT2D eigenvalue weighted by atomic mass is 9.92. The molecule has 1 heterocycles. The van der Waals surface area contributed by atoms with E-state index in [9.17, 15) is 4.39 Å². The Labute approximate surface area is 109 Å². The zero-order valence-electron chi connectivity index (χ0n) is 11.3. The summed E-state index contributed by atoms with van der Waals surface area (Å²) in [5.74, 6) is 0.645. The second-order valence-corrected chi connectivity index (χ2v) is 5.57. The fourth-order valence-electron chi connectivity index (χ4n) is 2.72. The molecule has 3 heteroatoms. The predicted molar refractivity (Wildman–Crippen MR) is 72.8 cm³/mol. The van der Waals surface area contributed by atoms with E-state index in [0.717, 1.165) is 31.0 Å². The molecule has 0 bridgehead atoms. The Morgan fingerprint density at radius 2 is 2.22 bits per heavy atom. The summed E-state index contributed by atoms with van der Waals surface area (Å²) in [6.45, 7) is 6.65. The van der Waals surface area contributed by atoms with Crippen LogP contribution in [0.15, 0.2) is 18.2 Å². The minimum absolute atomic E-state index is 0.109. The lowest BCUT2D eigenvalue weighted by Gasteiger charge is -2.38. The number of aryl methyl sites for hydroxylation is 1. The van der Waals surface area contributed by atoms with Gasteiger partial charge in [0.05, 0.1) is 0 Å². The Hall–Kier alpha value is -0.930. The second-order valence-electron chi connectivity index (χ2n) is 5.57. The van der Waals surface area contributed by atoms with Crippen LogP contribution in [0.25, 0.3) is 0 Å². The molecule has 0 aromatic heterocycles. The number of hydrogen-bond acceptors (Lipinski definition) is 2. The van der Waals surface area contributed by atoms with Gasteiger partial charge >= 0.3 is 0 Å². The Kier molecular flexibility index (Phi) is 4.36. The number of likely N-dealkylation sites (tertiary alicyclic amines) is 1. The van der Waals surface area contributed by atoms with Gasteiger partial charge in [-0.3, -0.25) is 4.90 Å². The zero-order valence-corrected chi connectivity index (χ0v) is 11.3. The molecule has 2 nitrogen and oxygen atoms in total. The molecular weight excluding hydrogens is 227 g/mol. The van der Waals surface area contributed by atoms with Gasteiger partial charge in [-0.2, -0.15) is 0 Å². The zero-order chi connectivity index (χ0) is 13.1. The van der Waals surface area contributed by atoms with Gasteiger partial charge in [-0.25, -0.2) is 4.39 Å². The van der Waals surface area contributed by atoms with Gasteiger partial charge in [-0.15, -0.1) is 0 Å². The molecule has 2 atom stereocenters. The van der Waals surface area contributed by atoms with E-state index in [1.54, 1.807) is 13.0 Å². The highest BCUT2D eigenvalue weighted by molar-refractivity contribution is 5.23. The van der Waals surface area contributed by atoms with Gasteiger partial charge in [-0.1, -0.05) is 19.1 Å². The van der Waals surface area contributed by atoms with Crippen LogP contribution in [0.3, 0.4) is 0 Å². The van der Waals surface area contributed by atoms with E-state index in [1.807, 2.05) is 12.1 Å². The number of halogens is 1. The Morgan fingerprint density at radius 3 is 2.89 bits per heavy atom. The molecule has 0 saturated carbocycles. The highest BCUT2D eigenvalue weighted by atomic mass is 19.1. The molecule has 100 valence electrons. The maximum atomic E-state index is 13.5. The quantitative estimate of drug-likeness (QED) is 0.893. The third-order valence-corrected chi connectivity index (χ3v) is 3.99. The standard InChI is InChI=1S/C15H23FN2/c1-11-5-6-18(14(7-11)9-17)10-13-4-3-12(2)15(16)8-13/h3-4,8,11,14H,5-7,9-10,17H2,1-2H3. The van der Waals surface area contributed by atoms with E-state index in [-0.39, 0.29) is 5.82 Å². The number of piperidine rings is 1. The van der Waals surface area contributed by atoms with E-state index in [0.29, 0.717) is 18.2 Å². The van der Waals surface area contributed by atoms with Crippen molar-refractivity contribution < 1.29 is 4.39 Å². The fourth-order valence-corrected chi connectivity index (χ4v) is 2.72. The van der Waals surface area contributed by atoms with Crippen molar-refractivity contribution in [1.29, 1.82) is 0 Å².